The van der Waals surface area contributed by atoms with Crippen LogP contribution in [0.4, 0.5) is 11.4 Å². The summed E-state index contributed by atoms with van der Waals surface area (Å²) < 4.78 is 0. The first-order valence-corrected chi connectivity index (χ1v) is 5.52. The summed E-state index contributed by atoms with van der Waals surface area (Å²) in [6.45, 7) is 0. The summed E-state index contributed by atoms with van der Waals surface area (Å²) in [4.78, 5) is 24.3. The summed E-state index contributed by atoms with van der Waals surface area (Å²) in [6.07, 6.45) is -0.167. The molecule has 1 rings (SSSR count). The second-order valence-corrected chi connectivity index (χ2v) is 4.21. The van der Waals surface area contributed by atoms with Gasteiger partial charge in [0.25, 0.3) is 0 Å². The van der Waals surface area contributed by atoms with E-state index in [9.17, 15) is 9.59 Å². The Hall–Kier alpha value is -2.08. The van der Waals surface area contributed by atoms with Crippen LogP contribution in [0.2, 0.25) is 0 Å². The van der Waals surface area contributed by atoms with Gasteiger partial charge in [-0.1, -0.05) is 6.07 Å². The molecular weight excluding hydrogens is 232 g/mol. The molecule has 0 heterocycles. The third-order valence-corrected chi connectivity index (χ3v) is 2.39. The Morgan fingerprint density at radius 3 is 2.61 bits per heavy atom. The van der Waals surface area contributed by atoms with Gasteiger partial charge in [-0.3, -0.25) is 9.59 Å². The van der Waals surface area contributed by atoms with E-state index in [2.05, 4.69) is 5.32 Å². The average molecular weight is 250 g/mol. The van der Waals surface area contributed by atoms with Crippen molar-refractivity contribution in [1.29, 1.82) is 0 Å². The van der Waals surface area contributed by atoms with Crippen molar-refractivity contribution < 1.29 is 9.59 Å². The maximum Gasteiger partial charge on any atom is 0.241 e. The van der Waals surface area contributed by atoms with Crippen LogP contribution in [-0.4, -0.2) is 32.0 Å². The molecule has 0 aliphatic carbocycles. The van der Waals surface area contributed by atoms with Crippen molar-refractivity contribution in [3.05, 3.63) is 24.3 Å². The van der Waals surface area contributed by atoms with E-state index < -0.39 is 17.9 Å². The van der Waals surface area contributed by atoms with Gasteiger partial charge in [0.1, 0.15) is 0 Å². The number of rotatable bonds is 5. The molecule has 0 spiro atoms. The monoisotopic (exact) mass is 250 g/mol. The molecule has 0 aromatic heterocycles. The molecule has 1 aromatic rings. The van der Waals surface area contributed by atoms with Crippen LogP contribution in [0.1, 0.15) is 6.42 Å². The lowest BCUT2D eigenvalue weighted by molar-refractivity contribution is -0.123. The molecule has 0 saturated heterocycles. The zero-order valence-corrected chi connectivity index (χ0v) is 10.5. The molecule has 1 unspecified atom stereocenters. The van der Waals surface area contributed by atoms with Gasteiger partial charge in [0.2, 0.25) is 11.8 Å². The first kappa shape index (κ1) is 14.0. The lowest BCUT2D eigenvalue weighted by Gasteiger charge is -2.15. The van der Waals surface area contributed by atoms with Gasteiger partial charge in [-0.2, -0.15) is 0 Å². The number of hydrogen-bond donors (Lipinski definition) is 3. The fourth-order valence-corrected chi connectivity index (χ4v) is 1.41. The van der Waals surface area contributed by atoms with Gasteiger partial charge in [-0.25, -0.2) is 0 Å². The van der Waals surface area contributed by atoms with Gasteiger partial charge < -0.3 is 21.7 Å². The number of primary amides is 1. The minimum atomic E-state index is -0.925. The maximum absolute atomic E-state index is 11.7. The second-order valence-electron chi connectivity index (χ2n) is 4.21. The van der Waals surface area contributed by atoms with E-state index in [1.807, 2.05) is 37.2 Å². The van der Waals surface area contributed by atoms with Crippen molar-refractivity contribution in [2.75, 3.05) is 24.3 Å². The van der Waals surface area contributed by atoms with Crippen LogP contribution in [0.15, 0.2) is 24.3 Å². The van der Waals surface area contributed by atoms with Crippen LogP contribution in [0.3, 0.4) is 0 Å². The third-order valence-electron chi connectivity index (χ3n) is 2.39. The van der Waals surface area contributed by atoms with Crippen LogP contribution in [0.25, 0.3) is 0 Å². The maximum atomic E-state index is 11.7. The smallest absolute Gasteiger partial charge is 0.241 e. The predicted molar refractivity (Wildman–Crippen MR) is 71.2 cm³/mol. The lowest BCUT2D eigenvalue weighted by Crippen LogP contribution is -2.39. The summed E-state index contributed by atoms with van der Waals surface area (Å²) in [5.41, 5.74) is 12.1. The molecular formula is C12H18N4O2. The highest BCUT2D eigenvalue weighted by Crippen LogP contribution is 2.17. The van der Waals surface area contributed by atoms with Crippen molar-refractivity contribution in [1.82, 2.24) is 0 Å². The zero-order valence-electron chi connectivity index (χ0n) is 10.5. The fraction of sp³-hybridized carbons (Fsp3) is 0.333. The van der Waals surface area contributed by atoms with Crippen LogP contribution < -0.4 is 21.7 Å². The van der Waals surface area contributed by atoms with E-state index >= 15 is 0 Å². The Balaban J connectivity index is 2.69. The molecule has 0 aliphatic rings. The SMILES string of the molecule is CN(C)c1cccc(NC(=O)C(N)CC(N)=O)c1. The highest BCUT2D eigenvalue weighted by atomic mass is 16.2. The van der Waals surface area contributed by atoms with Gasteiger partial charge in [-0.05, 0) is 18.2 Å². The number of anilines is 2. The van der Waals surface area contributed by atoms with Crippen molar-refractivity contribution in [2.45, 2.75) is 12.5 Å². The molecule has 0 aliphatic heterocycles. The van der Waals surface area contributed by atoms with E-state index in [-0.39, 0.29) is 6.42 Å². The molecule has 6 heteroatoms. The molecule has 2 amide bonds. The summed E-state index contributed by atoms with van der Waals surface area (Å²) in [6, 6.07) is 6.38. The van der Waals surface area contributed by atoms with E-state index in [4.69, 9.17) is 11.5 Å². The van der Waals surface area contributed by atoms with Gasteiger partial charge in [0.15, 0.2) is 0 Å². The molecule has 98 valence electrons. The van der Waals surface area contributed by atoms with Crippen LogP contribution in [0.5, 0.6) is 0 Å². The van der Waals surface area contributed by atoms with E-state index in [1.165, 1.54) is 0 Å². The summed E-state index contributed by atoms with van der Waals surface area (Å²) in [5.74, 6) is -1.02. The molecule has 5 N–H and O–H groups in total. The molecule has 0 radical (unpaired) electrons. The number of nitrogens with zero attached hydrogens (tertiary/aromatic N) is 1. The standard InChI is InChI=1S/C12H18N4O2/c1-16(2)9-5-3-4-8(6-9)15-12(18)10(13)7-11(14)17/h3-6,10H,7,13H2,1-2H3,(H2,14,17)(H,15,18). The zero-order chi connectivity index (χ0) is 13.7. The third kappa shape index (κ3) is 4.06. The minimum absolute atomic E-state index is 0.167. The van der Waals surface area contributed by atoms with Crippen LogP contribution >= 0.6 is 0 Å². The Morgan fingerprint density at radius 1 is 1.39 bits per heavy atom. The van der Waals surface area contributed by atoms with Crippen LogP contribution in [-0.2, 0) is 9.59 Å². The molecule has 18 heavy (non-hydrogen) atoms. The largest absolute Gasteiger partial charge is 0.378 e. The van der Waals surface area contributed by atoms with Crippen molar-refractivity contribution in [3.8, 4) is 0 Å². The Bertz CT molecular complexity index is 445. The summed E-state index contributed by atoms with van der Waals surface area (Å²) in [7, 11) is 3.81. The molecule has 1 atom stereocenters. The predicted octanol–water partition coefficient (Wildman–Crippen LogP) is -0.106. The van der Waals surface area contributed by atoms with Crippen molar-refractivity contribution in [3.63, 3.8) is 0 Å². The van der Waals surface area contributed by atoms with E-state index in [0.29, 0.717) is 5.69 Å². The number of nitrogens with one attached hydrogen (secondary N) is 1. The number of benzene rings is 1. The molecule has 0 bridgehead atoms. The summed E-state index contributed by atoms with van der Waals surface area (Å²) >= 11 is 0. The first-order chi connectivity index (χ1) is 8.40. The van der Waals surface area contributed by atoms with Gasteiger partial charge in [-0.15, -0.1) is 0 Å². The lowest BCUT2D eigenvalue weighted by atomic mass is 10.2. The Kier molecular flexibility index (Phi) is 4.67. The Morgan fingerprint density at radius 2 is 2.06 bits per heavy atom. The minimum Gasteiger partial charge on any atom is -0.378 e. The average Bonchev–Trinajstić information content (AvgIpc) is 2.28. The molecule has 1 aromatic carbocycles. The summed E-state index contributed by atoms with van der Waals surface area (Å²) in [5, 5.41) is 2.64. The molecule has 6 nitrogen and oxygen atoms in total. The van der Waals surface area contributed by atoms with Gasteiger partial charge in [0.05, 0.1) is 12.5 Å². The van der Waals surface area contributed by atoms with Crippen molar-refractivity contribution in [2.24, 2.45) is 11.5 Å². The number of hydrogen-bond acceptors (Lipinski definition) is 4. The fourth-order valence-electron chi connectivity index (χ4n) is 1.41. The first-order valence-electron chi connectivity index (χ1n) is 5.52. The topological polar surface area (TPSA) is 101 Å². The normalized spacial score (nSPS) is 11.7. The Labute approximate surface area is 106 Å². The van der Waals surface area contributed by atoms with E-state index in [1.54, 1.807) is 6.07 Å². The van der Waals surface area contributed by atoms with Crippen LogP contribution in [0, 0.1) is 0 Å². The molecule has 0 fully saturated rings. The van der Waals surface area contributed by atoms with Gasteiger partial charge in [0, 0.05) is 25.5 Å². The van der Waals surface area contributed by atoms with Gasteiger partial charge >= 0.3 is 0 Å². The molecule has 0 saturated carbocycles. The number of amides is 2. The number of carbonyl (C=O) groups excluding carboxylic acids is 2. The highest BCUT2D eigenvalue weighted by Gasteiger charge is 2.16. The highest BCUT2D eigenvalue weighted by molar-refractivity contribution is 5.97. The van der Waals surface area contributed by atoms with E-state index in [0.717, 1.165) is 5.69 Å². The van der Waals surface area contributed by atoms with Crippen molar-refractivity contribution >= 4 is 23.2 Å². The number of carbonyl (C=O) groups is 2. The second kappa shape index (κ2) is 6.02. The number of nitrogens with two attached hydrogens (primary N) is 2. The quantitative estimate of drug-likeness (QED) is 0.678.